The van der Waals surface area contributed by atoms with E-state index < -0.39 is 11.9 Å². The normalized spacial score (nSPS) is 10.1. The molecule has 0 aromatic carbocycles. The third-order valence-electron chi connectivity index (χ3n) is 1.81. The Morgan fingerprint density at radius 3 is 1.88 bits per heavy atom. The lowest BCUT2D eigenvalue weighted by Gasteiger charge is -1.89. The monoisotopic (exact) mass is 228 g/mol. The van der Waals surface area contributed by atoms with Gasteiger partial charge in [0.2, 0.25) is 0 Å². The van der Waals surface area contributed by atoms with Crippen molar-refractivity contribution in [3.05, 3.63) is 23.8 Å². The van der Waals surface area contributed by atoms with Crippen LogP contribution in [-0.4, -0.2) is 22.2 Å². The summed E-state index contributed by atoms with van der Waals surface area (Å²) in [6, 6.07) is 0. The Morgan fingerprint density at radius 2 is 1.69 bits per heavy atom. The van der Waals surface area contributed by atoms with E-state index in [1.807, 2.05) is 6.92 Å². The van der Waals surface area contributed by atoms with Gasteiger partial charge in [0.15, 0.2) is 0 Å². The maximum Gasteiger partial charge on any atom is 0.330 e. The second kappa shape index (κ2) is 9.96. The van der Waals surface area contributed by atoms with Crippen molar-refractivity contribution < 1.29 is 19.8 Å². The van der Waals surface area contributed by atoms with Gasteiger partial charge in [0.05, 0.1) is 0 Å². The van der Waals surface area contributed by atoms with Crippen molar-refractivity contribution in [2.75, 3.05) is 0 Å². The first-order chi connectivity index (χ1) is 7.36. The minimum absolute atomic E-state index is 0.264. The second-order valence-electron chi connectivity index (χ2n) is 3.24. The SMILES string of the molecule is C=C(CC)C(=O)O.CCCC=C(C)C(=O)O. The van der Waals surface area contributed by atoms with Crippen LogP contribution in [0, 0.1) is 0 Å². The highest BCUT2D eigenvalue weighted by molar-refractivity contribution is 5.85. The Bertz CT molecular complexity index is 277. The minimum Gasteiger partial charge on any atom is -0.478 e. The van der Waals surface area contributed by atoms with Crippen molar-refractivity contribution in [3.8, 4) is 0 Å². The maximum absolute atomic E-state index is 10.1. The van der Waals surface area contributed by atoms with Gasteiger partial charge in [-0.3, -0.25) is 0 Å². The summed E-state index contributed by atoms with van der Waals surface area (Å²) in [5.41, 5.74) is 0.705. The number of allylic oxidation sites excluding steroid dienone is 1. The smallest absolute Gasteiger partial charge is 0.330 e. The zero-order valence-electron chi connectivity index (χ0n) is 10.1. The lowest BCUT2D eigenvalue weighted by atomic mass is 10.2. The van der Waals surface area contributed by atoms with E-state index in [0.717, 1.165) is 12.8 Å². The third kappa shape index (κ3) is 10.5. The molecule has 0 saturated heterocycles. The van der Waals surface area contributed by atoms with E-state index in [0.29, 0.717) is 12.0 Å². The molecular formula is C12H20O4. The Labute approximate surface area is 96.3 Å². The predicted octanol–water partition coefficient (Wildman–Crippen LogP) is 2.85. The lowest BCUT2D eigenvalue weighted by molar-refractivity contribution is -0.133. The summed E-state index contributed by atoms with van der Waals surface area (Å²) in [5.74, 6) is -1.72. The molecule has 0 aliphatic heterocycles. The molecule has 0 heterocycles. The van der Waals surface area contributed by atoms with Crippen LogP contribution < -0.4 is 0 Å². The van der Waals surface area contributed by atoms with Gasteiger partial charge in [0.25, 0.3) is 0 Å². The summed E-state index contributed by atoms with van der Waals surface area (Å²) in [5, 5.41) is 16.4. The fraction of sp³-hybridized carbons (Fsp3) is 0.500. The van der Waals surface area contributed by atoms with Gasteiger partial charge in [0, 0.05) is 11.1 Å². The van der Waals surface area contributed by atoms with Crippen LogP contribution in [0.15, 0.2) is 23.8 Å². The molecule has 0 saturated carbocycles. The molecule has 0 aliphatic carbocycles. The van der Waals surface area contributed by atoms with Crippen molar-refractivity contribution in [3.63, 3.8) is 0 Å². The molecular weight excluding hydrogens is 208 g/mol. The van der Waals surface area contributed by atoms with E-state index in [9.17, 15) is 9.59 Å². The highest BCUT2D eigenvalue weighted by Gasteiger charge is 1.96. The lowest BCUT2D eigenvalue weighted by Crippen LogP contribution is -1.95. The van der Waals surface area contributed by atoms with E-state index in [4.69, 9.17) is 10.2 Å². The molecule has 4 heteroatoms. The Morgan fingerprint density at radius 1 is 1.19 bits per heavy atom. The van der Waals surface area contributed by atoms with Gasteiger partial charge >= 0.3 is 11.9 Å². The van der Waals surface area contributed by atoms with Crippen molar-refractivity contribution in [2.45, 2.75) is 40.0 Å². The molecule has 16 heavy (non-hydrogen) atoms. The first-order valence-corrected chi connectivity index (χ1v) is 5.17. The number of carboxylic acid groups (broad SMARTS) is 2. The molecule has 0 unspecified atom stereocenters. The van der Waals surface area contributed by atoms with Crippen LogP contribution in [0.1, 0.15) is 40.0 Å². The fourth-order valence-corrected chi connectivity index (χ4v) is 0.599. The van der Waals surface area contributed by atoms with Crippen molar-refractivity contribution in [2.24, 2.45) is 0 Å². The van der Waals surface area contributed by atoms with Crippen LogP contribution in [0.5, 0.6) is 0 Å². The molecule has 0 aromatic heterocycles. The molecule has 0 amide bonds. The summed E-state index contributed by atoms with van der Waals surface area (Å²) < 4.78 is 0. The highest BCUT2D eigenvalue weighted by Crippen LogP contribution is 1.96. The van der Waals surface area contributed by atoms with E-state index >= 15 is 0 Å². The Balaban J connectivity index is 0. The number of rotatable bonds is 5. The quantitative estimate of drug-likeness (QED) is 0.709. The molecule has 0 spiro atoms. The third-order valence-corrected chi connectivity index (χ3v) is 1.81. The molecule has 0 rings (SSSR count). The molecule has 2 N–H and O–H groups in total. The summed E-state index contributed by atoms with van der Waals surface area (Å²) in [6.45, 7) is 8.66. The van der Waals surface area contributed by atoms with Gasteiger partial charge in [-0.1, -0.05) is 32.9 Å². The predicted molar refractivity (Wildman–Crippen MR) is 63.4 cm³/mol. The molecule has 0 aromatic rings. The van der Waals surface area contributed by atoms with Gasteiger partial charge < -0.3 is 10.2 Å². The number of hydrogen-bond donors (Lipinski definition) is 2. The molecule has 0 aliphatic rings. The van der Waals surface area contributed by atoms with E-state index in [-0.39, 0.29) is 5.57 Å². The highest BCUT2D eigenvalue weighted by atomic mass is 16.4. The average Bonchev–Trinajstić information content (AvgIpc) is 2.25. The standard InChI is InChI=1S/C7H12O2.C5H8O2/c1-3-4-5-6(2)7(8)9;1-3-4(2)5(6)7/h5H,3-4H2,1-2H3,(H,8,9);2-3H2,1H3,(H,6,7). The topological polar surface area (TPSA) is 74.6 Å². The van der Waals surface area contributed by atoms with Crippen molar-refractivity contribution >= 4 is 11.9 Å². The van der Waals surface area contributed by atoms with E-state index in [1.165, 1.54) is 0 Å². The summed E-state index contributed by atoms with van der Waals surface area (Å²) in [4.78, 5) is 20.0. The van der Waals surface area contributed by atoms with E-state index in [1.54, 1.807) is 19.9 Å². The van der Waals surface area contributed by atoms with Crippen molar-refractivity contribution in [1.29, 1.82) is 0 Å². The molecule has 0 fully saturated rings. The number of unbranched alkanes of at least 4 members (excludes halogenated alkanes) is 1. The van der Waals surface area contributed by atoms with Crippen LogP contribution in [0.25, 0.3) is 0 Å². The Hall–Kier alpha value is -1.58. The molecule has 0 bridgehead atoms. The van der Waals surface area contributed by atoms with Gasteiger partial charge in [0.1, 0.15) is 0 Å². The van der Waals surface area contributed by atoms with Crippen LogP contribution in [0.4, 0.5) is 0 Å². The number of carbonyl (C=O) groups is 2. The number of aliphatic carboxylic acids is 2. The first-order valence-electron chi connectivity index (χ1n) is 5.17. The molecule has 0 radical (unpaired) electrons. The fourth-order valence-electron chi connectivity index (χ4n) is 0.599. The number of hydrogen-bond acceptors (Lipinski definition) is 2. The Kier molecular flexibility index (Phi) is 10.5. The van der Waals surface area contributed by atoms with Crippen LogP contribution in [0.3, 0.4) is 0 Å². The maximum atomic E-state index is 10.1. The first kappa shape index (κ1) is 16.8. The number of carboxylic acids is 2. The van der Waals surface area contributed by atoms with Crippen molar-refractivity contribution in [1.82, 2.24) is 0 Å². The largest absolute Gasteiger partial charge is 0.478 e. The van der Waals surface area contributed by atoms with Crippen LogP contribution in [-0.2, 0) is 9.59 Å². The summed E-state index contributed by atoms with van der Waals surface area (Å²) >= 11 is 0. The van der Waals surface area contributed by atoms with Gasteiger partial charge in [-0.25, -0.2) is 9.59 Å². The second-order valence-corrected chi connectivity index (χ2v) is 3.24. The summed E-state index contributed by atoms with van der Waals surface area (Å²) in [6.07, 6.45) is 4.13. The minimum atomic E-state index is -0.900. The van der Waals surface area contributed by atoms with Crippen LogP contribution in [0.2, 0.25) is 0 Å². The van der Waals surface area contributed by atoms with Gasteiger partial charge in [-0.05, 0) is 19.8 Å². The molecule has 92 valence electrons. The molecule has 4 nitrogen and oxygen atoms in total. The molecule has 0 atom stereocenters. The van der Waals surface area contributed by atoms with Crippen LogP contribution >= 0.6 is 0 Å². The average molecular weight is 228 g/mol. The zero-order chi connectivity index (χ0) is 13.1. The van der Waals surface area contributed by atoms with Gasteiger partial charge in [-0.15, -0.1) is 0 Å². The summed E-state index contributed by atoms with van der Waals surface area (Å²) in [7, 11) is 0. The van der Waals surface area contributed by atoms with Gasteiger partial charge in [-0.2, -0.15) is 0 Å². The van der Waals surface area contributed by atoms with E-state index in [2.05, 4.69) is 6.58 Å². The zero-order valence-corrected chi connectivity index (χ0v) is 10.1.